The van der Waals surface area contributed by atoms with E-state index in [2.05, 4.69) is 19.2 Å². The fourth-order valence-corrected chi connectivity index (χ4v) is 2.99. The first-order chi connectivity index (χ1) is 11.1. The first kappa shape index (κ1) is 21.0. The van der Waals surface area contributed by atoms with E-state index in [9.17, 15) is 0 Å². The van der Waals surface area contributed by atoms with Crippen LogP contribution in [0.5, 0.6) is 5.75 Å². The number of hydrogen-bond acceptors (Lipinski definition) is 2. The van der Waals surface area contributed by atoms with E-state index in [4.69, 9.17) is 26.8 Å². The zero-order valence-corrected chi connectivity index (χ0v) is 18.2. The molecule has 0 saturated heterocycles. The number of nitrogens with zero attached hydrogens (tertiary/aromatic N) is 2. The topological polar surface area (TPSA) is 35.7 Å². The Bertz CT molecular complexity index is 512. The van der Waals surface area contributed by atoms with Gasteiger partial charge in [0.1, 0.15) is 5.75 Å². The SMILES string of the molecule is C[N-]c1c(C)cc(OC)cc1C=NC1CCCCC1C.[Cl][Zr][Cl]. The van der Waals surface area contributed by atoms with Gasteiger partial charge in [-0.25, -0.2) is 0 Å². The van der Waals surface area contributed by atoms with Gasteiger partial charge in [-0.1, -0.05) is 25.3 Å². The summed E-state index contributed by atoms with van der Waals surface area (Å²) in [5.41, 5.74) is 3.20. The molecule has 2 unspecified atom stereocenters. The molecule has 0 N–H and O–H groups in total. The Morgan fingerprint density at radius 1 is 1.30 bits per heavy atom. The van der Waals surface area contributed by atoms with Crippen LogP contribution in [0, 0.1) is 12.8 Å². The molecule has 1 aromatic carbocycles. The van der Waals surface area contributed by atoms with Crippen LogP contribution in [0.1, 0.15) is 43.7 Å². The van der Waals surface area contributed by atoms with E-state index in [1.54, 1.807) is 7.11 Å². The third kappa shape index (κ3) is 6.76. The molecular formula is C17H25Cl2N2OZr-. The zero-order chi connectivity index (χ0) is 17.2. The van der Waals surface area contributed by atoms with Gasteiger partial charge in [-0.15, -0.1) is 12.7 Å². The molecule has 1 aromatic rings. The van der Waals surface area contributed by atoms with Crippen molar-refractivity contribution in [1.82, 2.24) is 0 Å². The quantitative estimate of drug-likeness (QED) is 0.533. The number of aryl methyl sites for hydroxylation is 1. The number of rotatable bonds is 4. The van der Waals surface area contributed by atoms with E-state index in [1.165, 1.54) is 25.7 Å². The van der Waals surface area contributed by atoms with Crippen molar-refractivity contribution in [2.45, 2.75) is 45.6 Å². The fraction of sp³-hybridized carbons (Fsp3) is 0.588. The number of hydrogen-bond donors (Lipinski definition) is 0. The van der Waals surface area contributed by atoms with E-state index < -0.39 is 20.8 Å². The maximum absolute atomic E-state index is 5.34. The van der Waals surface area contributed by atoms with Crippen LogP contribution in [0.3, 0.4) is 0 Å². The monoisotopic (exact) mass is 433 g/mol. The van der Waals surface area contributed by atoms with E-state index >= 15 is 0 Å². The van der Waals surface area contributed by atoms with Gasteiger partial charge in [0.2, 0.25) is 0 Å². The van der Waals surface area contributed by atoms with Gasteiger partial charge in [0.05, 0.1) is 13.2 Å². The van der Waals surface area contributed by atoms with Crippen LogP contribution < -0.4 is 4.74 Å². The summed E-state index contributed by atoms with van der Waals surface area (Å²) in [5, 5.41) is 4.38. The second-order valence-corrected chi connectivity index (χ2v) is 9.52. The number of methoxy groups -OCH3 is 1. The molecule has 0 aliphatic heterocycles. The molecule has 2 rings (SSSR count). The molecule has 1 aliphatic carbocycles. The van der Waals surface area contributed by atoms with Crippen LogP contribution in [-0.2, 0) is 20.8 Å². The second-order valence-electron chi connectivity index (χ2n) is 5.78. The van der Waals surface area contributed by atoms with Crippen molar-refractivity contribution >= 4 is 28.9 Å². The molecule has 1 fully saturated rings. The third-order valence-corrected chi connectivity index (χ3v) is 4.23. The Kier molecular flexibility index (Phi) is 10.5. The number of halogens is 2. The van der Waals surface area contributed by atoms with Gasteiger partial charge in [0.15, 0.2) is 0 Å². The fourth-order valence-electron chi connectivity index (χ4n) is 2.99. The molecule has 23 heavy (non-hydrogen) atoms. The molecule has 6 heteroatoms. The van der Waals surface area contributed by atoms with Crippen molar-refractivity contribution < 1.29 is 25.6 Å². The first-order valence-electron chi connectivity index (χ1n) is 7.85. The van der Waals surface area contributed by atoms with Gasteiger partial charge >= 0.3 is 37.9 Å². The van der Waals surface area contributed by atoms with Crippen molar-refractivity contribution in [2.75, 3.05) is 14.2 Å². The van der Waals surface area contributed by atoms with Crippen molar-refractivity contribution in [3.8, 4) is 5.75 Å². The minimum atomic E-state index is -0.826. The Morgan fingerprint density at radius 2 is 1.96 bits per heavy atom. The molecule has 3 nitrogen and oxygen atoms in total. The van der Waals surface area contributed by atoms with Gasteiger partial charge in [0.25, 0.3) is 0 Å². The number of ether oxygens (including phenoxy) is 1. The molecule has 0 radical (unpaired) electrons. The standard InChI is InChI=1S/C17H25N2O.2ClH.Zr/c1-12-7-5-6-8-16(12)19-11-14-10-15(20-4)9-13(2)17(14)18-3;;;/h9-12,16H,5-8H2,1-4H3;2*1H;/q-1;;;+2/p-2. The van der Waals surface area contributed by atoms with Crippen LogP contribution in [0.4, 0.5) is 5.69 Å². The molecule has 0 bridgehead atoms. The molecule has 0 aromatic heterocycles. The van der Waals surface area contributed by atoms with Crippen LogP contribution in [0.2, 0.25) is 0 Å². The Balaban J connectivity index is 0.000000816. The van der Waals surface area contributed by atoms with Crippen molar-refractivity contribution in [1.29, 1.82) is 0 Å². The molecular weight excluding hydrogens is 410 g/mol. The maximum atomic E-state index is 5.34. The van der Waals surface area contributed by atoms with Crippen molar-refractivity contribution in [3.05, 3.63) is 28.6 Å². The predicted molar refractivity (Wildman–Crippen MR) is 97.4 cm³/mol. The average molecular weight is 436 g/mol. The summed E-state index contributed by atoms with van der Waals surface area (Å²) in [6.07, 6.45) is 7.14. The first-order valence-corrected chi connectivity index (χ1v) is 14.2. The number of benzene rings is 1. The second kappa shape index (κ2) is 11.5. The van der Waals surface area contributed by atoms with E-state index in [0.29, 0.717) is 12.0 Å². The summed E-state index contributed by atoms with van der Waals surface area (Å²) in [4.78, 5) is 4.82. The Morgan fingerprint density at radius 3 is 2.52 bits per heavy atom. The van der Waals surface area contributed by atoms with E-state index in [0.717, 1.165) is 22.6 Å². The minimum absolute atomic E-state index is 0.458. The van der Waals surface area contributed by atoms with Gasteiger partial charge in [-0.3, -0.25) is 4.99 Å². The predicted octanol–water partition coefficient (Wildman–Crippen LogP) is 6.01. The zero-order valence-electron chi connectivity index (χ0n) is 14.3. The summed E-state index contributed by atoms with van der Waals surface area (Å²) < 4.78 is 5.34. The van der Waals surface area contributed by atoms with Gasteiger partial charge < -0.3 is 10.1 Å². The normalized spacial score (nSPS) is 20.6. The third-order valence-electron chi connectivity index (χ3n) is 4.23. The van der Waals surface area contributed by atoms with Gasteiger partial charge in [-0.05, 0) is 43.4 Å². The summed E-state index contributed by atoms with van der Waals surface area (Å²) in [5.74, 6) is 1.56. The van der Waals surface area contributed by atoms with Crippen LogP contribution in [0.25, 0.3) is 5.32 Å². The molecule has 1 aliphatic rings. The molecule has 0 spiro atoms. The summed E-state index contributed by atoms with van der Waals surface area (Å²) in [6, 6.07) is 4.50. The van der Waals surface area contributed by atoms with Crippen LogP contribution in [-0.4, -0.2) is 26.4 Å². The summed E-state index contributed by atoms with van der Waals surface area (Å²) >= 11 is -0.826. The van der Waals surface area contributed by atoms with Crippen LogP contribution >= 0.6 is 17.0 Å². The van der Waals surface area contributed by atoms with Crippen molar-refractivity contribution in [2.24, 2.45) is 10.9 Å². The number of aliphatic imine (C=N–C) groups is 1. The van der Waals surface area contributed by atoms with Crippen LogP contribution in [0.15, 0.2) is 17.1 Å². The summed E-state index contributed by atoms with van der Waals surface area (Å²) in [7, 11) is 13.4. The molecule has 0 amide bonds. The van der Waals surface area contributed by atoms with Crippen molar-refractivity contribution in [3.63, 3.8) is 0 Å². The molecule has 128 valence electrons. The Hall–Kier alpha value is -0.0469. The van der Waals surface area contributed by atoms with E-state index in [-0.39, 0.29) is 0 Å². The molecule has 1 saturated carbocycles. The average Bonchev–Trinajstić information content (AvgIpc) is 2.54. The van der Waals surface area contributed by atoms with Gasteiger partial charge in [0, 0.05) is 6.21 Å². The van der Waals surface area contributed by atoms with E-state index in [1.807, 2.05) is 25.4 Å². The molecule has 0 heterocycles. The summed E-state index contributed by atoms with van der Waals surface area (Å²) in [6.45, 7) is 4.37. The van der Waals surface area contributed by atoms with Gasteiger partial charge in [-0.2, -0.15) is 0 Å². The Labute approximate surface area is 158 Å². The molecule has 2 atom stereocenters.